The summed E-state index contributed by atoms with van der Waals surface area (Å²) in [6.07, 6.45) is 2.67. The van der Waals surface area contributed by atoms with Gasteiger partial charge in [-0.3, -0.25) is 9.78 Å². The second-order valence-corrected chi connectivity index (χ2v) is 4.36. The van der Waals surface area contributed by atoms with Crippen LogP contribution in [0.3, 0.4) is 0 Å². The van der Waals surface area contributed by atoms with Crippen LogP contribution in [0.5, 0.6) is 5.75 Å². The first-order chi connectivity index (χ1) is 9.06. The molecule has 0 saturated carbocycles. The van der Waals surface area contributed by atoms with Gasteiger partial charge in [0.2, 0.25) is 0 Å². The minimum atomic E-state index is -0.406. The van der Waals surface area contributed by atoms with E-state index < -0.39 is 5.82 Å². The minimum absolute atomic E-state index is 0.0592. The number of aryl methyl sites for hydroxylation is 1. The predicted octanol–water partition coefficient (Wildman–Crippen LogP) is 3.31. The van der Waals surface area contributed by atoms with Crippen molar-refractivity contribution in [3.05, 3.63) is 59.2 Å². The van der Waals surface area contributed by atoms with Crippen LogP contribution in [0, 0.1) is 12.7 Å². The maximum absolute atomic E-state index is 13.0. The molecule has 3 nitrogen and oxygen atoms in total. The van der Waals surface area contributed by atoms with Gasteiger partial charge < -0.3 is 4.74 Å². The van der Waals surface area contributed by atoms with Crippen molar-refractivity contribution in [2.24, 2.45) is 0 Å². The van der Waals surface area contributed by atoms with Gasteiger partial charge in [-0.25, -0.2) is 4.39 Å². The van der Waals surface area contributed by atoms with Crippen LogP contribution in [0.15, 0.2) is 36.7 Å². The van der Waals surface area contributed by atoms with Crippen molar-refractivity contribution in [2.75, 3.05) is 0 Å². The summed E-state index contributed by atoms with van der Waals surface area (Å²) in [7, 11) is 0. The van der Waals surface area contributed by atoms with Gasteiger partial charge in [-0.05, 0) is 32.0 Å². The fourth-order valence-electron chi connectivity index (χ4n) is 1.74. The Labute approximate surface area is 111 Å². The molecule has 0 saturated heterocycles. The van der Waals surface area contributed by atoms with Crippen LogP contribution in [-0.2, 0) is 6.61 Å². The summed E-state index contributed by atoms with van der Waals surface area (Å²) in [5, 5.41) is 0. The largest absolute Gasteiger partial charge is 0.488 e. The number of carbonyl (C=O) groups is 1. The summed E-state index contributed by atoms with van der Waals surface area (Å²) in [5.74, 6) is 0.0372. The zero-order valence-electron chi connectivity index (χ0n) is 10.8. The van der Waals surface area contributed by atoms with Gasteiger partial charge in [0.1, 0.15) is 18.2 Å². The molecule has 0 aliphatic rings. The number of rotatable bonds is 4. The molecule has 1 aromatic carbocycles. The highest BCUT2D eigenvalue weighted by atomic mass is 19.1. The normalized spacial score (nSPS) is 10.3. The molecule has 0 bridgehead atoms. The van der Waals surface area contributed by atoms with Gasteiger partial charge in [-0.2, -0.15) is 0 Å². The highest BCUT2D eigenvalue weighted by Crippen LogP contribution is 2.21. The van der Waals surface area contributed by atoms with Crippen molar-refractivity contribution < 1.29 is 13.9 Å². The Bertz CT molecular complexity index is 611. The zero-order valence-corrected chi connectivity index (χ0v) is 10.8. The van der Waals surface area contributed by atoms with Gasteiger partial charge in [0.25, 0.3) is 0 Å². The van der Waals surface area contributed by atoms with Gasteiger partial charge in [0.15, 0.2) is 5.78 Å². The fraction of sp³-hybridized carbons (Fsp3) is 0.200. The topological polar surface area (TPSA) is 39.2 Å². The summed E-state index contributed by atoms with van der Waals surface area (Å²) in [5.41, 5.74) is 2.14. The molecule has 19 heavy (non-hydrogen) atoms. The second-order valence-electron chi connectivity index (χ2n) is 4.36. The average molecular weight is 259 g/mol. The number of Topliss-reactive ketones (excluding diaryl/α,β-unsaturated/α-hetero) is 1. The van der Waals surface area contributed by atoms with E-state index in [-0.39, 0.29) is 12.4 Å². The molecule has 0 atom stereocenters. The van der Waals surface area contributed by atoms with Crippen molar-refractivity contribution in [1.82, 2.24) is 4.98 Å². The molecule has 0 aliphatic carbocycles. The van der Waals surface area contributed by atoms with Crippen molar-refractivity contribution in [2.45, 2.75) is 20.5 Å². The lowest BCUT2D eigenvalue weighted by atomic mass is 10.1. The van der Waals surface area contributed by atoms with Gasteiger partial charge in [0, 0.05) is 11.8 Å². The summed E-state index contributed by atoms with van der Waals surface area (Å²) in [4.78, 5) is 15.3. The van der Waals surface area contributed by atoms with E-state index in [1.54, 1.807) is 12.1 Å². The SMILES string of the molecule is CC(=O)c1cc(C)ccc1OCc1cncc(F)c1. The van der Waals surface area contributed by atoms with Gasteiger partial charge in [-0.15, -0.1) is 0 Å². The molecule has 2 aromatic rings. The molecule has 1 heterocycles. The van der Waals surface area contributed by atoms with E-state index in [1.807, 2.05) is 13.0 Å². The van der Waals surface area contributed by atoms with Crippen molar-refractivity contribution in [3.8, 4) is 5.75 Å². The molecule has 0 amide bonds. The second kappa shape index (κ2) is 5.61. The molecule has 98 valence electrons. The number of nitrogens with zero attached hydrogens (tertiary/aromatic N) is 1. The van der Waals surface area contributed by atoms with Crippen molar-refractivity contribution in [3.63, 3.8) is 0 Å². The summed E-state index contributed by atoms with van der Waals surface area (Å²) >= 11 is 0. The summed E-state index contributed by atoms with van der Waals surface area (Å²) in [6, 6.07) is 6.75. The van der Waals surface area contributed by atoms with E-state index in [9.17, 15) is 9.18 Å². The fourth-order valence-corrected chi connectivity index (χ4v) is 1.74. The van der Waals surface area contributed by atoms with Crippen LogP contribution in [0.1, 0.15) is 28.4 Å². The molecule has 0 spiro atoms. The van der Waals surface area contributed by atoms with Gasteiger partial charge in [0.05, 0.1) is 11.8 Å². The van der Waals surface area contributed by atoms with Crippen LogP contribution < -0.4 is 4.74 Å². The number of carbonyl (C=O) groups excluding carboxylic acids is 1. The lowest BCUT2D eigenvalue weighted by Crippen LogP contribution is -2.02. The van der Waals surface area contributed by atoms with Gasteiger partial charge >= 0.3 is 0 Å². The third kappa shape index (κ3) is 3.37. The number of ether oxygens (including phenoxy) is 1. The standard InChI is InChI=1S/C15H14FNO2/c1-10-3-4-15(14(5-10)11(2)18)19-9-12-6-13(16)8-17-7-12/h3-8H,9H2,1-2H3. The summed E-state index contributed by atoms with van der Waals surface area (Å²) in [6.45, 7) is 3.58. The predicted molar refractivity (Wildman–Crippen MR) is 69.7 cm³/mol. The van der Waals surface area contributed by atoms with Crippen LogP contribution >= 0.6 is 0 Å². The first kappa shape index (κ1) is 13.2. The molecule has 0 radical (unpaired) electrons. The zero-order chi connectivity index (χ0) is 13.8. The highest BCUT2D eigenvalue weighted by Gasteiger charge is 2.09. The minimum Gasteiger partial charge on any atom is -0.488 e. The maximum atomic E-state index is 13.0. The summed E-state index contributed by atoms with van der Waals surface area (Å²) < 4.78 is 18.5. The molecule has 0 aliphatic heterocycles. The van der Waals surface area contributed by atoms with E-state index >= 15 is 0 Å². The Morgan fingerprint density at radius 2 is 2.11 bits per heavy atom. The lowest BCUT2D eigenvalue weighted by Gasteiger charge is -2.10. The van der Waals surface area contributed by atoms with E-state index in [2.05, 4.69) is 4.98 Å². The number of aromatic nitrogens is 1. The number of ketones is 1. The molecule has 2 rings (SSSR count). The van der Waals surface area contributed by atoms with Crippen LogP contribution in [0.25, 0.3) is 0 Å². The van der Waals surface area contributed by atoms with Crippen LogP contribution in [0.4, 0.5) is 4.39 Å². The molecule has 1 aromatic heterocycles. The Hall–Kier alpha value is -2.23. The number of hydrogen-bond donors (Lipinski definition) is 0. The molecule has 0 N–H and O–H groups in total. The molecule has 0 fully saturated rings. The van der Waals surface area contributed by atoms with Crippen LogP contribution in [0.2, 0.25) is 0 Å². The van der Waals surface area contributed by atoms with E-state index in [0.717, 1.165) is 11.8 Å². The number of pyridine rings is 1. The maximum Gasteiger partial charge on any atom is 0.163 e. The van der Waals surface area contributed by atoms with E-state index in [0.29, 0.717) is 16.9 Å². The van der Waals surface area contributed by atoms with E-state index in [1.165, 1.54) is 19.2 Å². The highest BCUT2D eigenvalue weighted by molar-refractivity contribution is 5.97. The third-order valence-electron chi connectivity index (χ3n) is 2.67. The molecular formula is C15H14FNO2. The Balaban J connectivity index is 2.17. The molecule has 4 heteroatoms. The monoisotopic (exact) mass is 259 g/mol. The Morgan fingerprint density at radius 1 is 1.32 bits per heavy atom. The smallest absolute Gasteiger partial charge is 0.163 e. The average Bonchev–Trinajstić information content (AvgIpc) is 2.37. The number of halogens is 1. The molecule has 0 unspecified atom stereocenters. The van der Waals surface area contributed by atoms with Crippen molar-refractivity contribution in [1.29, 1.82) is 0 Å². The van der Waals surface area contributed by atoms with Crippen molar-refractivity contribution >= 4 is 5.78 Å². The number of hydrogen-bond acceptors (Lipinski definition) is 3. The first-order valence-electron chi connectivity index (χ1n) is 5.90. The number of benzene rings is 1. The Kier molecular flexibility index (Phi) is 3.90. The van der Waals surface area contributed by atoms with Gasteiger partial charge in [-0.1, -0.05) is 11.6 Å². The first-order valence-corrected chi connectivity index (χ1v) is 5.90. The molecular weight excluding hydrogens is 245 g/mol. The van der Waals surface area contributed by atoms with E-state index in [4.69, 9.17) is 4.74 Å². The van der Waals surface area contributed by atoms with Crippen LogP contribution in [-0.4, -0.2) is 10.8 Å². The Morgan fingerprint density at radius 3 is 2.79 bits per heavy atom. The quantitative estimate of drug-likeness (QED) is 0.791. The lowest BCUT2D eigenvalue weighted by molar-refractivity contribution is 0.101. The third-order valence-corrected chi connectivity index (χ3v) is 2.67.